The number of rotatable bonds is 5. The zero-order chi connectivity index (χ0) is 19.4. The molecule has 5 saturated carbocycles. The third kappa shape index (κ3) is 2.54. The van der Waals surface area contributed by atoms with Crippen molar-refractivity contribution in [3.8, 4) is 0 Å². The van der Waals surface area contributed by atoms with Crippen LogP contribution in [0, 0.1) is 22.7 Å². The Morgan fingerprint density at radius 1 is 1.07 bits per heavy atom. The molecule has 4 bridgehead atoms. The molecule has 3 heteroatoms. The van der Waals surface area contributed by atoms with Gasteiger partial charge in [0.05, 0.1) is 5.41 Å². The number of carbonyl (C=O) groups is 1. The van der Waals surface area contributed by atoms with Crippen LogP contribution in [-0.2, 0) is 10.2 Å². The second kappa shape index (κ2) is 6.58. The molecule has 3 nitrogen and oxygen atoms in total. The maximum atomic E-state index is 13.8. The Morgan fingerprint density at radius 2 is 1.82 bits per heavy atom. The third-order valence-electron chi connectivity index (χ3n) is 9.34. The van der Waals surface area contributed by atoms with Gasteiger partial charge in [-0.25, -0.2) is 0 Å². The Kier molecular flexibility index (Phi) is 4.39. The molecule has 0 saturated heterocycles. The fourth-order valence-electron chi connectivity index (χ4n) is 8.16. The van der Waals surface area contributed by atoms with Crippen LogP contribution in [0.4, 0.5) is 0 Å². The molecule has 28 heavy (non-hydrogen) atoms. The Hall–Kier alpha value is -1.35. The highest BCUT2D eigenvalue weighted by molar-refractivity contribution is 5.85. The predicted molar refractivity (Wildman–Crippen MR) is 113 cm³/mol. The number of hydrogen-bond donors (Lipinski definition) is 2. The van der Waals surface area contributed by atoms with E-state index >= 15 is 0 Å². The Bertz CT molecular complexity index is 740. The van der Waals surface area contributed by atoms with Gasteiger partial charge in [0.15, 0.2) is 0 Å². The van der Waals surface area contributed by atoms with Crippen LogP contribution in [0.1, 0.15) is 76.7 Å². The first-order valence-corrected chi connectivity index (χ1v) is 11.6. The Balaban J connectivity index is 1.41. The van der Waals surface area contributed by atoms with E-state index in [1.54, 1.807) is 0 Å². The number of carbonyl (C=O) groups excluding carboxylic acids is 1. The molecule has 0 heterocycles. The highest BCUT2D eigenvalue weighted by atomic mass is 16.2. The van der Waals surface area contributed by atoms with Gasteiger partial charge in [-0.1, -0.05) is 37.3 Å². The van der Waals surface area contributed by atoms with Gasteiger partial charge in [0, 0.05) is 6.04 Å². The molecule has 5 aliphatic rings. The number of benzene rings is 1. The van der Waals surface area contributed by atoms with E-state index in [0.29, 0.717) is 17.9 Å². The Morgan fingerprint density at radius 3 is 2.50 bits per heavy atom. The zero-order valence-corrected chi connectivity index (χ0v) is 17.4. The summed E-state index contributed by atoms with van der Waals surface area (Å²) in [5.41, 5.74) is 7.65. The average Bonchev–Trinajstić information content (AvgIpc) is 3.09. The second-order valence-electron chi connectivity index (χ2n) is 10.6. The summed E-state index contributed by atoms with van der Waals surface area (Å²) in [4.78, 5) is 13.8. The van der Waals surface area contributed by atoms with Crippen LogP contribution in [0.2, 0.25) is 0 Å². The van der Waals surface area contributed by atoms with E-state index in [9.17, 15) is 4.79 Å². The maximum absolute atomic E-state index is 13.8. The number of nitrogens with one attached hydrogen (secondary N) is 1. The molecule has 0 radical (unpaired) electrons. The Labute approximate surface area is 169 Å². The molecule has 5 aliphatic carbocycles. The molecule has 1 amide bonds. The summed E-state index contributed by atoms with van der Waals surface area (Å²) in [6.07, 6.45) is 11.7. The molecular formula is C25H36N2O. The lowest BCUT2D eigenvalue weighted by molar-refractivity contribution is -0.137. The first-order valence-electron chi connectivity index (χ1n) is 11.6. The average molecular weight is 381 g/mol. The van der Waals surface area contributed by atoms with E-state index in [1.807, 2.05) is 0 Å². The van der Waals surface area contributed by atoms with Crippen molar-refractivity contribution in [2.75, 3.05) is 6.54 Å². The van der Waals surface area contributed by atoms with Crippen LogP contribution in [-0.4, -0.2) is 18.5 Å². The molecule has 0 aromatic heterocycles. The van der Waals surface area contributed by atoms with Gasteiger partial charge in [-0.3, -0.25) is 4.79 Å². The van der Waals surface area contributed by atoms with E-state index in [-0.39, 0.29) is 16.2 Å². The maximum Gasteiger partial charge on any atom is 0.227 e. The lowest BCUT2D eigenvalue weighted by Crippen LogP contribution is -2.51. The first kappa shape index (κ1) is 18.7. The number of hydrogen-bond acceptors (Lipinski definition) is 2. The minimum absolute atomic E-state index is 0.134. The summed E-state index contributed by atoms with van der Waals surface area (Å²) in [5, 5.41) is 3.56. The first-order chi connectivity index (χ1) is 13.5. The van der Waals surface area contributed by atoms with Crippen LogP contribution in [0.25, 0.3) is 0 Å². The summed E-state index contributed by atoms with van der Waals surface area (Å²) < 4.78 is 0. The third-order valence-corrected chi connectivity index (χ3v) is 9.34. The van der Waals surface area contributed by atoms with Crippen molar-refractivity contribution in [2.24, 2.45) is 28.4 Å². The van der Waals surface area contributed by atoms with Gasteiger partial charge in [0.2, 0.25) is 5.91 Å². The summed E-state index contributed by atoms with van der Waals surface area (Å²) >= 11 is 0. The van der Waals surface area contributed by atoms with Gasteiger partial charge in [0.25, 0.3) is 0 Å². The number of amides is 1. The summed E-state index contributed by atoms with van der Waals surface area (Å²) in [6.45, 7) is 3.13. The molecule has 2 unspecified atom stereocenters. The smallest absolute Gasteiger partial charge is 0.227 e. The monoisotopic (exact) mass is 380 g/mol. The quantitative estimate of drug-likeness (QED) is 0.787. The minimum atomic E-state index is -0.134. The fraction of sp³-hybridized carbons (Fsp3) is 0.720. The van der Waals surface area contributed by atoms with E-state index < -0.39 is 0 Å². The van der Waals surface area contributed by atoms with Gasteiger partial charge in [-0.2, -0.15) is 0 Å². The lowest BCUT2D eigenvalue weighted by Gasteiger charge is -2.41. The minimum Gasteiger partial charge on any atom is -0.353 e. The molecule has 1 aromatic rings. The SMILES string of the molecule is CC[C@]12CC3CC1(C(=O)NC1CCC(CN)CC1)C[C@@](c1ccccc1)(C3)C2. The van der Waals surface area contributed by atoms with Crippen LogP contribution in [0.15, 0.2) is 30.3 Å². The molecule has 6 rings (SSSR count). The van der Waals surface area contributed by atoms with Crippen molar-refractivity contribution in [3.63, 3.8) is 0 Å². The van der Waals surface area contributed by atoms with Crippen molar-refractivity contribution < 1.29 is 4.79 Å². The molecule has 4 atom stereocenters. The fourth-order valence-corrected chi connectivity index (χ4v) is 8.16. The van der Waals surface area contributed by atoms with E-state index in [0.717, 1.165) is 44.6 Å². The summed E-state index contributed by atoms with van der Waals surface area (Å²) in [5.74, 6) is 1.78. The van der Waals surface area contributed by atoms with Crippen molar-refractivity contribution >= 4 is 5.91 Å². The van der Waals surface area contributed by atoms with Crippen LogP contribution in [0.3, 0.4) is 0 Å². The van der Waals surface area contributed by atoms with Crippen molar-refractivity contribution in [2.45, 2.75) is 82.6 Å². The number of nitrogens with two attached hydrogens (primary N) is 1. The molecular weight excluding hydrogens is 344 g/mol. The molecule has 0 spiro atoms. The molecule has 1 aromatic carbocycles. The lowest BCUT2D eigenvalue weighted by atomic mass is 9.63. The van der Waals surface area contributed by atoms with Crippen LogP contribution >= 0.6 is 0 Å². The highest BCUT2D eigenvalue weighted by Crippen LogP contribution is 2.77. The van der Waals surface area contributed by atoms with Crippen molar-refractivity contribution in [3.05, 3.63) is 35.9 Å². The largest absolute Gasteiger partial charge is 0.353 e. The summed E-state index contributed by atoms with van der Waals surface area (Å²) in [7, 11) is 0. The topological polar surface area (TPSA) is 55.1 Å². The van der Waals surface area contributed by atoms with E-state index in [2.05, 4.69) is 42.6 Å². The molecule has 0 aliphatic heterocycles. The van der Waals surface area contributed by atoms with Gasteiger partial charge in [0.1, 0.15) is 0 Å². The van der Waals surface area contributed by atoms with Gasteiger partial charge in [-0.15, -0.1) is 0 Å². The highest BCUT2D eigenvalue weighted by Gasteiger charge is 2.73. The molecule has 3 N–H and O–H groups in total. The summed E-state index contributed by atoms with van der Waals surface area (Å²) in [6, 6.07) is 11.5. The van der Waals surface area contributed by atoms with Crippen molar-refractivity contribution in [1.82, 2.24) is 5.32 Å². The van der Waals surface area contributed by atoms with E-state index in [1.165, 1.54) is 37.7 Å². The molecule has 152 valence electrons. The van der Waals surface area contributed by atoms with Crippen LogP contribution < -0.4 is 11.1 Å². The van der Waals surface area contributed by atoms with Gasteiger partial charge < -0.3 is 11.1 Å². The normalized spacial score (nSPS) is 44.0. The van der Waals surface area contributed by atoms with Gasteiger partial charge >= 0.3 is 0 Å². The second-order valence-corrected chi connectivity index (χ2v) is 10.6. The van der Waals surface area contributed by atoms with E-state index in [4.69, 9.17) is 5.73 Å². The van der Waals surface area contributed by atoms with Crippen molar-refractivity contribution in [1.29, 1.82) is 0 Å². The van der Waals surface area contributed by atoms with Gasteiger partial charge in [-0.05, 0) is 99.0 Å². The standard InChI is InChI=1S/C25H36N2O/c1-2-24-13-19-12-23(16-24,20-6-4-3-5-7-20)17-25(24,14-19)22(28)27-21-10-8-18(15-26)9-11-21/h3-7,18-19,21H,2,8-17,26H2,1H3,(H,27,28)/t18?,19?,21?,23-,24-,25?/m1/s1. The molecule has 5 fully saturated rings. The predicted octanol–water partition coefficient (Wildman–Crippen LogP) is 4.55. The van der Waals surface area contributed by atoms with Crippen LogP contribution in [0.5, 0.6) is 0 Å². The zero-order valence-electron chi connectivity index (χ0n) is 17.4.